The number of hydrogen-bond acceptors (Lipinski definition) is 6. The third kappa shape index (κ3) is 2.53. The topological polar surface area (TPSA) is 78.8 Å². The summed E-state index contributed by atoms with van der Waals surface area (Å²) in [4.78, 5) is 17.7. The van der Waals surface area contributed by atoms with Crippen LogP contribution in [0.1, 0.15) is 22.3 Å². The fourth-order valence-electron chi connectivity index (χ4n) is 3.12. The second-order valence-electron chi connectivity index (χ2n) is 5.66. The lowest BCUT2D eigenvalue weighted by molar-refractivity contribution is 0.0994. The van der Waals surface area contributed by atoms with Crippen molar-refractivity contribution < 1.29 is 13.2 Å². The van der Waals surface area contributed by atoms with Crippen LogP contribution in [0.4, 0.5) is 5.69 Å². The van der Waals surface area contributed by atoms with E-state index in [1.807, 2.05) is 0 Å². The number of hydrogen-bond donors (Lipinski definition) is 1. The maximum absolute atomic E-state index is 12.7. The highest BCUT2D eigenvalue weighted by Crippen LogP contribution is 2.34. The van der Waals surface area contributed by atoms with Gasteiger partial charge < -0.3 is 4.90 Å². The Morgan fingerprint density at radius 2 is 2.17 bits per heavy atom. The summed E-state index contributed by atoms with van der Waals surface area (Å²) in [5.41, 5.74) is 1.14. The summed E-state index contributed by atoms with van der Waals surface area (Å²) >= 11 is 7.65. The lowest BCUT2D eigenvalue weighted by Crippen LogP contribution is -2.44. The summed E-state index contributed by atoms with van der Waals surface area (Å²) < 4.78 is 28.0. The Morgan fingerprint density at radius 1 is 1.35 bits per heavy atom. The lowest BCUT2D eigenvalue weighted by Gasteiger charge is -2.24. The van der Waals surface area contributed by atoms with Gasteiger partial charge in [-0.15, -0.1) is 0 Å². The molecule has 23 heavy (non-hydrogen) atoms. The van der Waals surface area contributed by atoms with Crippen LogP contribution in [-0.4, -0.2) is 47.4 Å². The standard InChI is InChI=1S/C14H14ClN3O3S2/c15-12-13(18-5-6-22-14(18)16-12)23(20,21)17-9-3-1-8-2-4-11(19)10(8)7-9/h1,3,7,12-13,17H,2,4-6H2. The largest absolute Gasteiger partial charge is 0.329 e. The highest BCUT2D eigenvalue weighted by Gasteiger charge is 2.46. The number of aliphatic imine (C=N–C) groups is 1. The number of Topliss-reactive ketones (excluding diaryl/α,β-unsaturated/α-hetero) is 1. The SMILES string of the molecule is O=C1CCc2ccc(NS(=O)(=O)C3C(Cl)N=C4SCCN43)cc21. The van der Waals surface area contributed by atoms with Crippen LogP contribution in [0.25, 0.3) is 0 Å². The van der Waals surface area contributed by atoms with Gasteiger partial charge in [0.15, 0.2) is 21.8 Å². The summed E-state index contributed by atoms with van der Waals surface area (Å²) in [5.74, 6) is 0.862. The number of sulfonamides is 1. The average Bonchev–Trinajstić information content (AvgIpc) is 3.13. The molecule has 4 rings (SSSR count). The maximum Gasteiger partial charge on any atom is 0.257 e. The highest BCUT2D eigenvalue weighted by molar-refractivity contribution is 8.14. The molecular formula is C14H14ClN3O3S2. The quantitative estimate of drug-likeness (QED) is 0.648. The van der Waals surface area contributed by atoms with E-state index in [0.717, 1.165) is 17.7 Å². The molecule has 0 aromatic heterocycles. The van der Waals surface area contributed by atoms with Crippen molar-refractivity contribution in [3.05, 3.63) is 29.3 Å². The number of fused-ring (bicyclic) bond motifs is 2. The van der Waals surface area contributed by atoms with Crippen molar-refractivity contribution in [1.82, 2.24) is 4.90 Å². The normalized spacial score (nSPS) is 26.2. The number of nitrogens with zero attached hydrogens (tertiary/aromatic N) is 2. The van der Waals surface area contributed by atoms with Crippen LogP contribution in [0, 0.1) is 0 Å². The van der Waals surface area contributed by atoms with Gasteiger partial charge in [0, 0.05) is 30.0 Å². The minimum atomic E-state index is -3.75. The van der Waals surface area contributed by atoms with Crippen molar-refractivity contribution in [2.75, 3.05) is 17.0 Å². The molecule has 1 fully saturated rings. The first-order valence-corrected chi connectivity index (χ1v) is 10.2. The van der Waals surface area contributed by atoms with Crippen LogP contribution in [0.15, 0.2) is 23.2 Å². The van der Waals surface area contributed by atoms with E-state index < -0.39 is 20.9 Å². The van der Waals surface area contributed by atoms with Crippen LogP contribution in [0.2, 0.25) is 0 Å². The minimum Gasteiger partial charge on any atom is -0.329 e. The van der Waals surface area contributed by atoms with E-state index in [0.29, 0.717) is 29.4 Å². The molecule has 122 valence electrons. The van der Waals surface area contributed by atoms with E-state index in [-0.39, 0.29) is 5.78 Å². The van der Waals surface area contributed by atoms with E-state index in [1.54, 1.807) is 23.1 Å². The van der Waals surface area contributed by atoms with Crippen molar-refractivity contribution in [3.8, 4) is 0 Å². The number of aryl methyl sites for hydroxylation is 1. The number of rotatable bonds is 3. The highest BCUT2D eigenvalue weighted by atomic mass is 35.5. The van der Waals surface area contributed by atoms with Crippen molar-refractivity contribution in [2.45, 2.75) is 23.7 Å². The second-order valence-corrected chi connectivity index (χ2v) is 8.95. The van der Waals surface area contributed by atoms with Gasteiger partial charge in [-0.25, -0.2) is 13.4 Å². The van der Waals surface area contributed by atoms with Crippen LogP contribution < -0.4 is 4.72 Å². The molecule has 2 unspecified atom stereocenters. The molecule has 1 aromatic carbocycles. The predicted molar refractivity (Wildman–Crippen MR) is 91.7 cm³/mol. The van der Waals surface area contributed by atoms with Crippen LogP contribution in [0.5, 0.6) is 0 Å². The zero-order valence-electron chi connectivity index (χ0n) is 12.0. The van der Waals surface area contributed by atoms with E-state index >= 15 is 0 Å². The average molecular weight is 372 g/mol. The van der Waals surface area contributed by atoms with Gasteiger partial charge >= 0.3 is 0 Å². The van der Waals surface area contributed by atoms with Gasteiger partial charge in [0.2, 0.25) is 0 Å². The number of alkyl halides is 1. The van der Waals surface area contributed by atoms with Crippen LogP contribution in [-0.2, 0) is 16.4 Å². The fourth-order valence-corrected chi connectivity index (χ4v) is 6.38. The Bertz CT molecular complexity index is 825. The van der Waals surface area contributed by atoms with Gasteiger partial charge in [-0.2, -0.15) is 0 Å². The fraction of sp³-hybridized carbons (Fsp3) is 0.429. The first-order valence-electron chi connectivity index (χ1n) is 7.25. The summed E-state index contributed by atoms with van der Waals surface area (Å²) in [5, 5.41) is -0.234. The first kappa shape index (κ1) is 15.3. The molecule has 2 aliphatic heterocycles. The van der Waals surface area contributed by atoms with Gasteiger partial charge in [0.1, 0.15) is 0 Å². The number of ketones is 1. The number of anilines is 1. The molecule has 0 bridgehead atoms. The van der Waals surface area contributed by atoms with Gasteiger partial charge in [0.25, 0.3) is 10.0 Å². The maximum atomic E-state index is 12.7. The molecule has 1 aromatic rings. The Morgan fingerprint density at radius 3 is 3.00 bits per heavy atom. The van der Waals surface area contributed by atoms with E-state index in [1.165, 1.54) is 11.8 Å². The Kier molecular flexibility index (Phi) is 3.58. The molecule has 0 saturated carbocycles. The second kappa shape index (κ2) is 5.39. The number of nitrogens with one attached hydrogen (secondary N) is 1. The van der Waals surface area contributed by atoms with Gasteiger partial charge in [-0.05, 0) is 24.1 Å². The van der Waals surface area contributed by atoms with Crippen molar-refractivity contribution >= 4 is 50.0 Å². The summed E-state index contributed by atoms with van der Waals surface area (Å²) in [6, 6.07) is 5.10. The molecule has 3 aliphatic rings. The number of halogens is 1. The van der Waals surface area contributed by atoms with Crippen LogP contribution in [0.3, 0.4) is 0 Å². The van der Waals surface area contributed by atoms with Gasteiger partial charge in [0.05, 0.1) is 0 Å². The first-order chi connectivity index (χ1) is 11.0. The zero-order chi connectivity index (χ0) is 16.2. The third-order valence-electron chi connectivity index (χ3n) is 4.20. The smallest absolute Gasteiger partial charge is 0.257 e. The van der Waals surface area contributed by atoms with E-state index in [4.69, 9.17) is 11.6 Å². The number of thioether (sulfide) groups is 1. The van der Waals surface area contributed by atoms with Crippen LogP contribution >= 0.6 is 23.4 Å². The number of carbonyl (C=O) groups excluding carboxylic acids is 1. The van der Waals surface area contributed by atoms with Crippen molar-refractivity contribution in [2.24, 2.45) is 4.99 Å². The van der Waals surface area contributed by atoms with E-state index in [2.05, 4.69) is 9.71 Å². The molecule has 1 aliphatic carbocycles. The summed E-state index contributed by atoms with van der Waals surface area (Å²) in [6.45, 7) is 0.612. The third-order valence-corrected chi connectivity index (χ3v) is 7.33. The molecule has 0 radical (unpaired) electrons. The predicted octanol–water partition coefficient (Wildman–Crippen LogP) is 1.87. The lowest BCUT2D eigenvalue weighted by atomic mass is 10.1. The van der Waals surface area contributed by atoms with Crippen molar-refractivity contribution in [1.29, 1.82) is 0 Å². The number of benzene rings is 1. The number of amidine groups is 1. The molecule has 0 spiro atoms. The molecule has 2 heterocycles. The monoisotopic (exact) mass is 371 g/mol. The number of carbonyl (C=O) groups is 1. The molecule has 1 saturated heterocycles. The Hall–Kier alpha value is -1.25. The molecule has 1 N–H and O–H groups in total. The van der Waals surface area contributed by atoms with Crippen molar-refractivity contribution in [3.63, 3.8) is 0 Å². The summed E-state index contributed by atoms with van der Waals surface area (Å²) in [6.07, 6.45) is 1.20. The van der Waals surface area contributed by atoms with Gasteiger partial charge in [-0.3, -0.25) is 9.52 Å². The molecule has 2 atom stereocenters. The minimum absolute atomic E-state index is 0.0543. The molecule has 6 nitrogen and oxygen atoms in total. The zero-order valence-corrected chi connectivity index (χ0v) is 14.4. The van der Waals surface area contributed by atoms with E-state index in [9.17, 15) is 13.2 Å². The van der Waals surface area contributed by atoms with Gasteiger partial charge in [-0.1, -0.05) is 29.4 Å². The molecule has 0 amide bonds. The molecular weight excluding hydrogens is 358 g/mol. The summed E-state index contributed by atoms with van der Waals surface area (Å²) in [7, 11) is -3.75. The molecule has 9 heteroatoms. The Labute approximate surface area is 143 Å². The Balaban J connectivity index is 1.61.